The molecule has 0 fully saturated rings. The maximum Gasteiger partial charge on any atom is 0.230 e. The van der Waals surface area contributed by atoms with Gasteiger partial charge in [0.25, 0.3) is 0 Å². The van der Waals surface area contributed by atoms with Crippen molar-refractivity contribution < 1.29 is 4.79 Å². The lowest BCUT2D eigenvalue weighted by atomic mass is 10.2. The molecule has 2 aromatic rings. The number of aryl methyl sites for hydroxylation is 1. The lowest BCUT2D eigenvalue weighted by molar-refractivity contribution is -0.118. The predicted octanol–water partition coefficient (Wildman–Crippen LogP) is 0.917. The summed E-state index contributed by atoms with van der Waals surface area (Å²) in [5.74, 6) is 0.801. The van der Waals surface area contributed by atoms with Crippen LogP contribution in [0.15, 0.2) is 29.2 Å². The molecular formula is C11H13N5OS. The number of H-pyrrole nitrogens is 1. The second-order valence-electron chi connectivity index (χ2n) is 3.71. The molecule has 0 atom stereocenters. The molecule has 94 valence electrons. The van der Waals surface area contributed by atoms with Crippen molar-refractivity contribution in [1.29, 1.82) is 0 Å². The van der Waals surface area contributed by atoms with E-state index in [0.29, 0.717) is 18.1 Å². The number of aromatic nitrogens is 4. The molecule has 1 heterocycles. The third kappa shape index (κ3) is 3.85. The normalized spacial score (nSPS) is 10.3. The van der Waals surface area contributed by atoms with E-state index in [-0.39, 0.29) is 5.91 Å². The molecule has 2 rings (SSSR count). The smallest absolute Gasteiger partial charge is 0.230 e. The van der Waals surface area contributed by atoms with Crippen LogP contribution in [0.3, 0.4) is 0 Å². The summed E-state index contributed by atoms with van der Waals surface area (Å²) in [6.07, 6.45) is 0. The molecule has 0 aliphatic heterocycles. The third-order valence-corrected chi connectivity index (χ3v) is 3.24. The summed E-state index contributed by atoms with van der Waals surface area (Å²) >= 11 is 1.50. The van der Waals surface area contributed by atoms with Crippen molar-refractivity contribution in [3.8, 4) is 0 Å². The van der Waals surface area contributed by atoms with E-state index < -0.39 is 0 Å². The SMILES string of the molecule is Cc1ccc(SCC(=O)NCc2nn[nH]n2)cc1. The number of rotatable bonds is 5. The van der Waals surface area contributed by atoms with Gasteiger partial charge >= 0.3 is 0 Å². The van der Waals surface area contributed by atoms with Gasteiger partial charge in [0.1, 0.15) is 0 Å². The van der Waals surface area contributed by atoms with Gasteiger partial charge in [-0.05, 0) is 19.1 Å². The number of aromatic amines is 1. The van der Waals surface area contributed by atoms with Crippen LogP contribution >= 0.6 is 11.8 Å². The Labute approximate surface area is 109 Å². The van der Waals surface area contributed by atoms with Crippen molar-refractivity contribution in [2.24, 2.45) is 0 Å². The van der Waals surface area contributed by atoms with E-state index in [1.807, 2.05) is 31.2 Å². The number of carbonyl (C=O) groups is 1. The fourth-order valence-electron chi connectivity index (χ4n) is 1.27. The molecule has 1 aromatic carbocycles. The van der Waals surface area contributed by atoms with E-state index in [2.05, 4.69) is 25.9 Å². The summed E-state index contributed by atoms with van der Waals surface area (Å²) in [6, 6.07) is 8.07. The van der Waals surface area contributed by atoms with E-state index in [0.717, 1.165) is 4.90 Å². The molecule has 6 nitrogen and oxygen atoms in total. The van der Waals surface area contributed by atoms with Crippen LogP contribution in [0, 0.1) is 6.92 Å². The Balaban J connectivity index is 1.73. The minimum atomic E-state index is -0.0506. The molecule has 0 saturated heterocycles. The summed E-state index contributed by atoms with van der Waals surface area (Å²) in [4.78, 5) is 12.6. The summed E-state index contributed by atoms with van der Waals surface area (Å²) in [6.45, 7) is 2.33. The van der Waals surface area contributed by atoms with E-state index in [1.54, 1.807) is 0 Å². The van der Waals surface area contributed by atoms with Crippen LogP contribution in [0.4, 0.5) is 0 Å². The standard InChI is InChI=1S/C11H13N5OS/c1-8-2-4-9(5-3-8)18-7-11(17)12-6-10-13-15-16-14-10/h2-5H,6-7H2,1H3,(H,12,17)(H,13,14,15,16). The number of carbonyl (C=O) groups excluding carboxylic acids is 1. The highest BCUT2D eigenvalue weighted by molar-refractivity contribution is 8.00. The van der Waals surface area contributed by atoms with Crippen LogP contribution in [-0.4, -0.2) is 32.3 Å². The van der Waals surface area contributed by atoms with Crippen LogP contribution in [-0.2, 0) is 11.3 Å². The van der Waals surface area contributed by atoms with Crippen LogP contribution in [0.25, 0.3) is 0 Å². The molecule has 1 amide bonds. The third-order valence-electron chi connectivity index (χ3n) is 2.22. The Kier molecular flexibility index (Phi) is 4.30. The van der Waals surface area contributed by atoms with Crippen LogP contribution in [0.5, 0.6) is 0 Å². The number of tetrazole rings is 1. The molecule has 0 aliphatic carbocycles. The van der Waals surface area contributed by atoms with Crippen molar-refractivity contribution in [1.82, 2.24) is 25.9 Å². The minimum absolute atomic E-state index is 0.0506. The van der Waals surface area contributed by atoms with E-state index in [1.165, 1.54) is 17.3 Å². The minimum Gasteiger partial charge on any atom is -0.348 e. The second-order valence-corrected chi connectivity index (χ2v) is 4.76. The quantitative estimate of drug-likeness (QED) is 0.784. The average Bonchev–Trinajstić information content (AvgIpc) is 2.89. The van der Waals surface area contributed by atoms with Gasteiger partial charge in [0, 0.05) is 4.90 Å². The van der Waals surface area contributed by atoms with Gasteiger partial charge in [-0.1, -0.05) is 22.9 Å². The first-order valence-corrected chi connectivity index (χ1v) is 6.41. The Bertz CT molecular complexity index is 497. The summed E-state index contributed by atoms with van der Waals surface area (Å²) in [5.41, 5.74) is 1.21. The number of hydrogen-bond donors (Lipinski definition) is 2. The first kappa shape index (κ1) is 12.6. The fourth-order valence-corrected chi connectivity index (χ4v) is 2.00. The number of benzene rings is 1. The topological polar surface area (TPSA) is 83.6 Å². The fraction of sp³-hybridized carbons (Fsp3) is 0.273. The van der Waals surface area contributed by atoms with E-state index in [4.69, 9.17) is 0 Å². The molecule has 1 aromatic heterocycles. The monoisotopic (exact) mass is 263 g/mol. The highest BCUT2D eigenvalue weighted by Gasteiger charge is 2.04. The van der Waals surface area contributed by atoms with Gasteiger partial charge in [0.15, 0.2) is 5.82 Å². The molecule has 2 N–H and O–H groups in total. The Morgan fingerprint density at radius 2 is 2.17 bits per heavy atom. The van der Waals surface area contributed by atoms with E-state index >= 15 is 0 Å². The van der Waals surface area contributed by atoms with Crippen molar-refractivity contribution in [3.05, 3.63) is 35.7 Å². The summed E-state index contributed by atoms with van der Waals surface area (Å²) < 4.78 is 0. The van der Waals surface area contributed by atoms with Gasteiger partial charge in [-0.2, -0.15) is 5.21 Å². The first-order valence-electron chi connectivity index (χ1n) is 5.42. The van der Waals surface area contributed by atoms with Crippen LogP contribution < -0.4 is 5.32 Å². The zero-order valence-electron chi connectivity index (χ0n) is 9.88. The van der Waals surface area contributed by atoms with E-state index in [9.17, 15) is 4.79 Å². The Morgan fingerprint density at radius 1 is 1.39 bits per heavy atom. The predicted molar refractivity (Wildman–Crippen MR) is 67.9 cm³/mol. The zero-order chi connectivity index (χ0) is 12.8. The molecule has 0 spiro atoms. The zero-order valence-corrected chi connectivity index (χ0v) is 10.7. The van der Waals surface area contributed by atoms with Gasteiger partial charge in [0.2, 0.25) is 5.91 Å². The number of nitrogens with zero attached hydrogens (tertiary/aromatic N) is 3. The highest BCUT2D eigenvalue weighted by atomic mass is 32.2. The van der Waals surface area contributed by atoms with Crippen LogP contribution in [0.2, 0.25) is 0 Å². The van der Waals surface area contributed by atoms with Crippen molar-refractivity contribution >= 4 is 17.7 Å². The maximum atomic E-state index is 11.6. The lowest BCUT2D eigenvalue weighted by Gasteiger charge is -2.03. The summed E-state index contributed by atoms with van der Waals surface area (Å²) in [5, 5.41) is 16.0. The molecule has 0 aliphatic rings. The van der Waals surface area contributed by atoms with Gasteiger partial charge in [-0.25, -0.2) is 0 Å². The van der Waals surface area contributed by atoms with Gasteiger partial charge in [-0.15, -0.1) is 22.0 Å². The van der Waals surface area contributed by atoms with Crippen LogP contribution in [0.1, 0.15) is 11.4 Å². The van der Waals surface area contributed by atoms with Crippen molar-refractivity contribution in [2.75, 3.05) is 5.75 Å². The molecule has 7 heteroatoms. The second kappa shape index (κ2) is 6.15. The van der Waals surface area contributed by atoms with Gasteiger partial charge in [0.05, 0.1) is 12.3 Å². The molecule has 0 bridgehead atoms. The molecule has 18 heavy (non-hydrogen) atoms. The molecule has 0 radical (unpaired) electrons. The lowest BCUT2D eigenvalue weighted by Crippen LogP contribution is -2.25. The largest absolute Gasteiger partial charge is 0.348 e. The summed E-state index contributed by atoms with van der Waals surface area (Å²) in [7, 11) is 0. The average molecular weight is 263 g/mol. The number of hydrogen-bond acceptors (Lipinski definition) is 5. The van der Waals surface area contributed by atoms with Gasteiger partial charge < -0.3 is 5.32 Å². The van der Waals surface area contributed by atoms with Crippen molar-refractivity contribution in [2.45, 2.75) is 18.4 Å². The highest BCUT2D eigenvalue weighted by Crippen LogP contribution is 2.17. The Morgan fingerprint density at radius 3 is 2.83 bits per heavy atom. The first-order chi connectivity index (χ1) is 8.74. The number of amides is 1. The maximum absolute atomic E-state index is 11.6. The molecular weight excluding hydrogens is 250 g/mol. The van der Waals surface area contributed by atoms with Gasteiger partial charge in [-0.3, -0.25) is 4.79 Å². The molecule has 0 unspecified atom stereocenters. The molecule has 0 saturated carbocycles. The Hall–Kier alpha value is -1.89. The number of nitrogens with one attached hydrogen (secondary N) is 2. The number of thioether (sulfide) groups is 1. The van der Waals surface area contributed by atoms with Crippen molar-refractivity contribution in [3.63, 3.8) is 0 Å².